The molecule has 0 rings (SSSR count). The predicted octanol–water partition coefficient (Wildman–Crippen LogP) is 3.20. The molecule has 0 spiro atoms. The summed E-state index contributed by atoms with van der Waals surface area (Å²) < 4.78 is 120. The lowest BCUT2D eigenvalue weighted by atomic mass is 10.0. The standard InChI is InChI=1S/C11H11F9O4/c1-5(2)7(22)23-3-6(21)24-4-8(12,13)9(14,15)10(16,17)11(18,19)20/h5H,3-4H2,1-2H3. The Morgan fingerprint density at radius 3 is 1.67 bits per heavy atom. The highest BCUT2D eigenvalue weighted by molar-refractivity contribution is 5.77. The van der Waals surface area contributed by atoms with Crippen molar-refractivity contribution in [3.63, 3.8) is 0 Å². The quantitative estimate of drug-likeness (QED) is 0.505. The Labute approximate surface area is 128 Å². The molecule has 0 amide bonds. The van der Waals surface area contributed by atoms with Gasteiger partial charge in [-0.25, -0.2) is 4.79 Å². The lowest BCUT2D eigenvalue weighted by Crippen LogP contribution is -2.62. The first-order valence-electron chi connectivity index (χ1n) is 6.00. The van der Waals surface area contributed by atoms with Gasteiger partial charge in [-0.1, -0.05) is 13.8 Å². The fourth-order valence-electron chi connectivity index (χ4n) is 1.01. The van der Waals surface area contributed by atoms with Crippen molar-refractivity contribution in [3.05, 3.63) is 0 Å². The summed E-state index contributed by atoms with van der Waals surface area (Å²) in [5.41, 5.74) is 0. The fourth-order valence-corrected chi connectivity index (χ4v) is 1.01. The minimum absolute atomic E-state index is 0.742. The molecule has 24 heavy (non-hydrogen) atoms. The molecule has 142 valence electrons. The van der Waals surface area contributed by atoms with Gasteiger partial charge in [0.25, 0.3) is 0 Å². The summed E-state index contributed by atoms with van der Waals surface area (Å²) in [4.78, 5) is 21.8. The summed E-state index contributed by atoms with van der Waals surface area (Å²) in [5, 5.41) is 0. The third-order valence-electron chi connectivity index (χ3n) is 2.43. The van der Waals surface area contributed by atoms with E-state index in [1.807, 2.05) is 0 Å². The van der Waals surface area contributed by atoms with Crippen molar-refractivity contribution in [2.45, 2.75) is 37.8 Å². The second-order valence-electron chi connectivity index (χ2n) is 4.77. The van der Waals surface area contributed by atoms with Gasteiger partial charge in [0.1, 0.15) is 0 Å². The van der Waals surface area contributed by atoms with Crippen LogP contribution in [-0.4, -0.2) is 49.1 Å². The predicted molar refractivity (Wildman–Crippen MR) is 57.7 cm³/mol. The SMILES string of the molecule is CC(C)C(=O)OCC(=O)OCC(F)(F)C(F)(F)C(F)(F)C(F)(F)F. The molecule has 4 nitrogen and oxygen atoms in total. The van der Waals surface area contributed by atoms with Crippen LogP contribution in [0, 0.1) is 5.92 Å². The van der Waals surface area contributed by atoms with Gasteiger partial charge < -0.3 is 9.47 Å². The van der Waals surface area contributed by atoms with Gasteiger partial charge in [-0.15, -0.1) is 0 Å². The monoisotopic (exact) mass is 378 g/mol. The Kier molecular flexibility index (Phi) is 6.55. The molecule has 0 bridgehead atoms. The maximum atomic E-state index is 13.0. The number of esters is 2. The van der Waals surface area contributed by atoms with Gasteiger partial charge >= 0.3 is 35.9 Å². The molecule has 0 aromatic heterocycles. The van der Waals surface area contributed by atoms with Crippen molar-refractivity contribution in [2.75, 3.05) is 13.2 Å². The van der Waals surface area contributed by atoms with E-state index < -0.39 is 55.0 Å². The van der Waals surface area contributed by atoms with E-state index in [9.17, 15) is 49.1 Å². The lowest BCUT2D eigenvalue weighted by Gasteiger charge is -2.33. The summed E-state index contributed by atoms with van der Waals surface area (Å²) in [6, 6.07) is 0. The first-order chi connectivity index (χ1) is 10.5. The number of halogens is 9. The minimum Gasteiger partial charge on any atom is -0.456 e. The Balaban J connectivity index is 4.91. The average Bonchev–Trinajstić information content (AvgIpc) is 2.40. The van der Waals surface area contributed by atoms with E-state index in [1.54, 1.807) is 0 Å². The topological polar surface area (TPSA) is 52.6 Å². The molecule has 0 aliphatic heterocycles. The highest BCUT2D eigenvalue weighted by Crippen LogP contribution is 2.53. The Bertz CT molecular complexity index is 471. The molecule has 0 N–H and O–H groups in total. The molecule has 0 aliphatic rings. The van der Waals surface area contributed by atoms with Crippen molar-refractivity contribution in [1.82, 2.24) is 0 Å². The molecule has 13 heteroatoms. The van der Waals surface area contributed by atoms with E-state index in [4.69, 9.17) is 0 Å². The second kappa shape index (κ2) is 7.05. The zero-order valence-corrected chi connectivity index (χ0v) is 12.0. The van der Waals surface area contributed by atoms with Crippen LogP contribution in [0.3, 0.4) is 0 Å². The molecule has 0 aromatic rings. The number of ether oxygens (including phenoxy) is 2. The maximum Gasteiger partial charge on any atom is 0.460 e. The second-order valence-corrected chi connectivity index (χ2v) is 4.77. The summed E-state index contributed by atoms with van der Waals surface area (Å²) in [6.07, 6.45) is -6.96. The number of alkyl halides is 9. The van der Waals surface area contributed by atoms with E-state index in [1.165, 1.54) is 13.8 Å². The van der Waals surface area contributed by atoms with Crippen molar-refractivity contribution < 1.29 is 58.6 Å². The number of rotatable bonds is 7. The van der Waals surface area contributed by atoms with Crippen LogP contribution in [-0.2, 0) is 19.1 Å². The third kappa shape index (κ3) is 4.66. The van der Waals surface area contributed by atoms with Crippen molar-refractivity contribution in [1.29, 1.82) is 0 Å². The van der Waals surface area contributed by atoms with Gasteiger partial charge in [0.05, 0.1) is 5.92 Å². The Morgan fingerprint density at radius 2 is 1.29 bits per heavy atom. The van der Waals surface area contributed by atoms with Crippen LogP contribution in [0.2, 0.25) is 0 Å². The van der Waals surface area contributed by atoms with Crippen LogP contribution in [0.1, 0.15) is 13.8 Å². The maximum absolute atomic E-state index is 13.0. The van der Waals surface area contributed by atoms with E-state index in [0.717, 1.165) is 0 Å². The number of hydrogen-bond acceptors (Lipinski definition) is 4. The molecule has 0 aliphatic carbocycles. The van der Waals surface area contributed by atoms with Crippen LogP contribution in [0.5, 0.6) is 0 Å². The zero-order chi connectivity index (χ0) is 19.6. The van der Waals surface area contributed by atoms with Gasteiger partial charge in [-0.2, -0.15) is 39.5 Å². The van der Waals surface area contributed by atoms with Crippen molar-refractivity contribution in [2.24, 2.45) is 5.92 Å². The van der Waals surface area contributed by atoms with Gasteiger partial charge in [-0.05, 0) is 0 Å². The van der Waals surface area contributed by atoms with Gasteiger partial charge in [0, 0.05) is 0 Å². The number of hydrogen-bond donors (Lipinski definition) is 0. The molecule has 0 unspecified atom stereocenters. The summed E-state index contributed by atoms with van der Waals surface area (Å²) >= 11 is 0. The zero-order valence-electron chi connectivity index (χ0n) is 12.0. The van der Waals surface area contributed by atoms with Crippen molar-refractivity contribution >= 4 is 11.9 Å². The molecule has 0 saturated heterocycles. The summed E-state index contributed by atoms with van der Waals surface area (Å²) in [5.74, 6) is -23.6. The molecular formula is C11H11F9O4. The number of carbonyl (C=O) groups is 2. The normalized spacial score (nSPS) is 13.8. The third-order valence-corrected chi connectivity index (χ3v) is 2.43. The highest BCUT2D eigenvalue weighted by atomic mass is 19.4. The van der Waals surface area contributed by atoms with Crippen LogP contribution < -0.4 is 0 Å². The molecule has 0 aromatic carbocycles. The Hall–Kier alpha value is -1.69. The molecule has 0 fully saturated rings. The minimum atomic E-state index is -7.07. The summed E-state index contributed by atoms with van der Waals surface area (Å²) in [6.45, 7) is -1.44. The summed E-state index contributed by atoms with van der Waals surface area (Å²) in [7, 11) is 0. The van der Waals surface area contributed by atoms with E-state index in [-0.39, 0.29) is 0 Å². The fraction of sp³-hybridized carbons (Fsp3) is 0.818. The van der Waals surface area contributed by atoms with Crippen LogP contribution in [0.25, 0.3) is 0 Å². The smallest absolute Gasteiger partial charge is 0.456 e. The van der Waals surface area contributed by atoms with Crippen LogP contribution >= 0.6 is 0 Å². The van der Waals surface area contributed by atoms with E-state index >= 15 is 0 Å². The van der Waals surface area contributed by atoms with Gasteiger partial charge in [-0.3, -0.25) is 4.79 Å². The largest absolute Gasteiger partial charge is 0.460 e. The highest BCUT2D eigenvalue weighted by Gasteiger charge is 2.81. The van der Waals surface area contributed by atoms with E-state index in [0.29, 0.717) is 0 Å². The molecule has 0 atom stereocenters. The van der Waals surface area contributed by atoms with Gasteiger partial charge in [0.15, 0.2) is 13.2 Å². The number of carbonyl (C=O) groups excluding carboxylic acids is 2. The molecular weight excluding hydrogens is 367 g/mol. The van der Waals surface area contributed by atoms with E-state index in [2.05, 4.69) is 9.47 Å². The molecule has 0 heterocycles. The average molecular weight is 378 g/mol. The van der Waals surface area contributed by atoms with Gasteiger partial charge in [0.2, 0.25) is 0 Å². The lowest BCUT2D eigenvalue weighted by molar-refractivity contribution is -0.398. The molecule has 0 saturated carbocycles. The van der Waals surface area contributed by atoms with Crippen molar-refractivity contribution in [3.8, 4) is 0 Å². The van der Waals surface area contributed by atoms with Crippen LogP contribution in [0.4, 0.5) is 39.5 Å². The first kappa shape index (κ1) is 22.3. The Morgan fingerprint density at radius 1 is 0.833 bits per heavy atom. The van der Waals surface area contributed by atoms with Crippen LogP contribution in [0.15, 0.2) is 0 Å². The first-order valence-corrected chi connectivity index (χ1v) is 6.00. The molecule has 0 radical (unpaired) electrons.